The molecule has 0 amide bonds. The number of halogens is 1. The van der Waals surface area contributed by atoms with Crippen molar-refractivity contribution in [3.8, 4) is 0 Å². The molecule has 2 aromatic rings. The number of hydrogen-bond acceptors (Lipinski definition) is 1. The lowest BCUT2D eigenvalue weighted by atomic mass is 9.65. The Hall–Kier alpha value is -0.990. The molecule has 0 unspecified atom stereocenters. The Labute approximate surface area is 113 Å². The minimum Gasteiger partial charge on any atom is -0.319 e. The SMILES string of the molecule is CNCC1(c2c(C)c(Cl)c3ccccn23)CCC1. The molecule has 1 N–H and O–H groups in total. The predicted molar refractivity (Wildman–Crippen MR) is 76.6 cm³/mol. The van der Waals surface area contributed by atoms with E-state index in [2.05, 4.69) is 41.0 Å². The summed E-state index contributed by atoms with van der Waals surface area (Å²) >= 11 is 6.49. The number of nitrogens with zero attached hydrogens (tertiary/aromatic N) is 1. The molecule has 1 fully saturated rings. The molecule has 1 aliphatic rings. The molecule has 0 atom stereocenters. The van der Waals surface area contributed by atoms with Crippen molar-refractivity contribution in [1.29, 1.82) is 0 Å². The second-order valence-electron chi connectivity index (χ2n) is 5.41. The Morgan fingerprint density at radius 2 is 2.17 bits per heavy atom. The number of likely N-dealkylation sites (N-methyl/N-ethyl adjacent to an activating group) is 1. The summed E-state index contributed by atoms with van der Waals surface area (Å²) in [6.07, 6.45) is 5.97. The molecule has 2 nitrogen and oxygen atoms in total. The van der Waals surface area contributed by atoms with Crippen LogP contribution in [0.4, 0.5) is 0 Å². The number of rotatable bonds is 3. The van der Waals surface area contributed by atoms with Crippen LogP contribution in [0.25, 0.3) is 5.52 Å². The highest BCUT2D eigenvalue weighted by Crippen LogP contribution is 2.47. The molecule has 0 saturated heterocycles. The fourth-order valence-corrected chi connectivity index (χ4v) is 3.63. The van der Waals surface area contributed by atoms with Gasteiger partial charge in [0.1, 0.15) is 0 Å². The van der Waals surface area contributed by atoms with Crippen LogP contribution in [0, 0.1) is 6.92 Å². The molecule has 18 heavy (non-hydrogen) atoms. The van der Waals surface area contributed by atoms with Crippen molar-refractivity contribution in [2.75, 3.05) is 13.6 Å². The van der Waals surface area contributed by atoms with Gasteiger partial charge in [-0.05, 0) is 44.5 Å². The van der Waals surface area contributed by atoms with Crippen LogP contribution in [0.5, 0.6) is 0 Å². The highest BCUT2D eigenvalue weighted by molar-refractivity contribution is 6.35. The van der Waals surface area contributed by atoms with Crippen molar-refractivity contribution in [1.82, 2.24) is 9.72 Å². The molecule has 2 heterocycles. The molecule has 1 aliphatic carbocycles. The molecule has 0 bridgehead atoms. The maximum atomic E-state index is 6.49. The second-order valence-corrected chi connectivity index (χ2v) is 5.79. The summed E-state index contributed by atoms with van der Waals surface area (Å²) in [5, 5.41) is 4.26. The average molecular weight is 263 g/mol. The van der Waals surface area contributed by atoms with Crippen LogP contribution < -0.4 is 5.32 Å². The molecule has 0 aliphatic heterocycles. The van der Waals surface area contributed by atoms with Gasteiger partial charge in [0.05, 0.1) is 10.5 Å². The summed E-state index contributed by atoms with van der Waals surface area (Å²) < 4.78 is 2.29. The summed E-state index contributed by atoms with van der Waals surface area (Å²) in [6.45, 7) is 3.19. The standard InChI is InChI=1S/C15H19ClN2/c1-11-13(16)12-6-3-4-9-18(12)14(11)15(10-17-2)7-5-8-15/h3-4,6,9,17H,5,7-8,10H2,1-2H3. The van der Waals surface area contributed by atoms with Gasteiger partial charge in [-0.2, -0.15) is 0 Å². The van der Waals surface area contributed by atoms with Gasteiger partial charge in [0.25, 0.3) is 0 Å². The van der Waals surface area contributed by atoms with E-state index in [1.54, 1.807) is 0 Å². The lowest BCUT2D eigenvalue weighted by Gasteiger charge is -2.42. The number of pyridine rings is 1. The summed E-state index contributed by atoms with van der Waals surface area (Å²) in [5.41, 5.74) is 4.06. The molecule has 0 spiro atoms. The minimum absolute atomic E-state index is 0.274. The Morgan fingerprint density at radius 1 is 1.39 bits per heavy atom. The van der Waals surface area contributed by atoms with Gasteiger partial charge in [-0.1, -0.05) is 24.1 Å². The maximum Gasteiger partial charge on any atom is 0.0693 e. The summed E-state index contributed by atoms with van der Waals surface area (Å²) in [6, 6.07) is 6.23. The van der Waals surface area contributed by atoms with E-state index in [0.717, 1.165) is 17.1 Å². The van der Waals surface area contributed by atoms with Crippen molar-refractivity contribution in [3.05, 3.63) is 40.7 Å². The first-order valence-electron chi connectivity index (χ1n) is 6.60. The van der Waals surface area contributed by atoms with E-state index in [1.165, 1.54) is 30.5 Å². The van der Waals surface area contributed by atoms with Crippen molar-refractivity contribution in [2.45, 2.75) is 31.6 Å². The highest BCUT2D eigenvalue weighted by atomic mass is 35.5. The molecule has 0 radical (unpaired) electrons. The first kappa shape index (κ1) is 12.1. The lowest BCUT2D eigenvalue weighted by Crippen LogP contribution is -2.44. The van der Waals surface area contributed by atoms with Crippen LogP contribution in [0.3, 0.4) is 0 Å². The van der Waals surface area contributed by atoms with Crippen molar-refractivity contribution in [3.63, 3.8) is 0 Å². The number of nitrogens with one attached hydrogen (secondary N) is 1. The fourth-order valence-electron chi connectivity index (χ4n) is 3.39. The molecule has 1 saturated carbocycles. The second kappa shape index (κ2) is 4.29. The first-order chi connectivity index (χ1) is 8.69. The van der Waals surface area contributed by atoms with Gasteiger partial charge in [0.15, 0.2) is 0 Å². The maximum absolute atomic E-state index is 6.49. The largest absolute Gasteiger partial charge is 0.319 e. The fraction of sp³-hybridized carbons (Fsp3) is 0.467. The number of hydrogen-bond donors (Lipinski definition) is 1. The monoisotopic (exact) mass is 262 g/mol. The summed E-state index contributed by atoms with van der Waals surface area (Å²) in [5.74, 6) is 0. The molecule has 96 valence electrons. The third-order valence-corrected chi connectivity index (χ3v) is 4.82. The van der Waals surface area contributed by atoms with Crippen LogP contribution in [-0.4, -0.2) is 18.0 Å². The van der Waals surface area contributed by atoms with Gasteiger partial charge in [-0.15, -0.1) is 0 Å². The number of fused-ring (bicyclic) bond motifs is 1. The smallest absolute Gasteiger partial charge is 0.0693 e. The van der Waals surface area contributed by atoms with Gasteiger partial charge in [0.2, 0.25) is 0 Å². The molecule has 0 aromatic carbocycles. The van der Waals surface area contributed by atoms with E-state index < -0.39 is 0 Å². The molecule has 3 heteroatoms. The van der Waals surface area contributed by atoms with Gasteiger partial charge in [0, 0.05) is 23.9 Å². The van der Waals surface area contributed by atoms with Crippen molar-refractivity contribution >= 4 is 17.1 Å². The Bertz CT molecular complexity index is 581. The molecular formula is C15H19ClN2. The van der Waals surface area contributed by atoms with Gasteiger partial charge < -0.3 is 9.72 Å². The van der Waals surface area contributed by atoms with Crippen LogP contribution in [0.1, 0.15) is 30.5 Å². The van der Waals surface area contributed by atoms with Crippen LogP contribution in [0.2, 0.25) is 5.02 Å². The minimum atomic E-state index is 0.274. The lowest BCUT2D eigenvalue weighted by molar-refractivity contribution is 0.230. The van der Waals surface area contributed by atoms with E-state index in [1.807, 2.05) is 7.05 Å². The van der Waals surface area contributed by atoms with Crippen LogP contribution in [-0.2, 0) is 5.41 Å². The number of aromatic nitrogens is 1. The molecular weight excluding hydrogens is 244 g/mol. The van der Waals surface area contributed by atoms with Gasteiger partial charge in [-0.25, -0.2) is 0 Å². The van der Waals surface area contributed by atoms with Crippen LogP contribution >= 0.6 is 11.6 Å². The van der Waals surface area contributed by atoms with Crippen molar-refractivity contribution in [2.24, 2.45) is 0 Å². The van der Waals surface area contributed by atoms with E-state index in [9.17, 15) is 0 Å². The zero-order valence-electron chi connectivity index (χ0n) is 11.0. The first-order valence-corrected chi connectivity index (χ1v) is 6.98. The van der Waals surface area contributed by atoms with Crippen LogP contribution in [0.15, 0.2) is 24.4 Å². The summed E-state index contributed by atoms with van der Waals surface area (Å²) in [4.78, 5) is 0. The van der Waals surface area contributed by atoms with E-state index in [-0.39, 0.29) is 5.41 Å². The zero-order chi connectivity index (χ0) is 12.8. The predicted octanol–water partition coefficient (Wildman–Crippen LogP) is 3.54. The third kappa shape index (κ3) is 1.52. The quantitative estimate of drug-likeness (QED) is 0.895. The Morgan fingerprint density at radius 3 is 2.78 bits per heavy atom. The summed E-state index contributed by atoms with van der Waals surface area (Å²) in [7, 11) is 2.03. The Balaban J connectivity index is 2.25. The zero-order valence-corrected chi connectivity index (χ0v) is 11.7. The van der Waals surface area contributed by atoms with E-state index >= 15 is 0 Å². The highest BCUT2D eigenvalue weighted by Gasteiger charge is 2.41. The molecule has 3 rings (SSSR count). The van der Waals surface area contributed by atoms with Gasteiger partial charge >= 0.3 is 0 Å². The van der Waals surface area contributed by atoms with Gasteiger partial charge in [-0.3, -0.25) is 0 Å². The third-order valence-electron chi connectivity index (χ3n) is 4.34. The normalized spacial score (nSPS) is 17.9. The Kier molecular flexibility index (Phi) is 2.87. The van der Waals surface area contributed by atoms with Crippen molar-refractivity contribution < 1.29 is 0 Å². The molecule has 2 aromatic heterocycles. The topological polar surface area (TPSA) is 16.4 Å². The van der Waals surface area contributed by atoms with E-state index in [4.69, 9.17) is 11.6 Å². The average Bonchev–Trinajstić information content (AvgIpc) is 2.59. The van der Waals surface area contributed by atoms with E-state index in [0.29, 0.717) is 0 Å².